The van der Waals surface area contributed by atoms with Crippen molar-refractivity contribution in [2.45, 2.75) is 38.0 Å². The third-order valence-corrected chi connectivity index (χ3v) is 5.17. The van der Waals surface area contributed by atoms with Crippen LogP contribution in [0.4, 0.5) is 5.82 Å². The third kappa shape index (κ3) is 5.06. The number of aryl methyl sites for hydroxylation is 1. The van der Waals surface area contributed by atoms with Crippen LogP contribution in [0, 0.1) is 5.92 Å². The van der Waals surface area contributed by atoms with Crippen molar-refractivity contribution >= 4 is 11.8 Å². The number of carboxylic acid groups (broad SMARTS) is 1. The van der Waals surface area contributed by atoms with Crippen molar-refractivity contribution in [3.05, 3.63) is 58.5 Å². The topological polar surface area (TPSA) is 73.5 Å². The molecule has 1 aromatic heterocycles. The molecule has 1 fully saturated rings. The summed E-state index contributed by atoms with van der Waals surface area (Å²) in [4.78, 5) is 15.4. The van der Waals surface area contributed by atoms with Crippen molar-refractivity contribution in [3.8, 4) is 5.75 Å². The number of hydrogen-bond acceptors (Lipinski definition) is 3. The molecule has 1 aliphatic carbocycles. The summed E-state index contributed by atoms with van der Waals surface area (Å²) in [5, 5.41) is 13.3. The molecule has 0 spiro atoms. The minimum Gasteiger partial charge on any atom is -0.493 e. The molecule has 136 valence electrons. The van der Waals surface area contributed by atoms with Crippen molar-refractivity contribution in [1.29, 1.82) is 0 Å². The molecule has 27 heavy (non-hydrogen) atoms. The van der Waals surface area contributed by atoms with Crippen LogP contribution in [0.25, 0.3) is 5.32 Å². The van der Waals surface area contributed by atoms with Gasteiger partial charge < -0.3 is 20.1 Å². The Kier molecular flexibility index (Phi) is 6.46. The number of carbonyl (C=O) groups is 1. The molecule has 1 aromatic carbocycles. The number of pyridine rings is 1. The van der Waals surface area contributed by atoms with Gasteiger partial charge in [-0.25, -0.2) is 0 Å². The predicted molar refractivity (Wildman–Crippen MR) is 99.2 cm³/mol. The summed E-state index contributed by atoms with van der Waals surface area (Å²) >= 11 is 0. The molecule has 1 saturated carbocycles. The summed E-state index contributed by atoms with van der Waals surface area (Å²) in [7, 11) is 0. The van der Waals surface area contributed by atoms with E-state index >= 15 is 0 Å². The number of hydrogen-bond donors (Lipinski definition) is 1. The molecule has 0 saturated heterocycles. The summed E-state index contributed by atoms with van der Waals surface area (Å²) in [6.45, 7) is 1.46. The normalized spacial score (nSPS) is 20.0. The predicted octanol–water partition coefficient (Wildman–Crippen LogP) is 1.24. The zero-order valence-electron chi connectivity index (χ0n) is 15.7. The van der Waals surface area contributed by atoms with Gasteiger partial charge in [-0.3, -0.25) is 4.79 Å². The van der Waals surface area contributed by atoms with Crippen LogP contribution in [0.2, 0.25) is 0 Å². The quantitative estimate of drug-likeness (QED) is 0.756. The van der Waals surface area contributed by atoms with Crippen LogP contribution in [0.15, 0.2) is 36.4 Å². The average Bonchev–Trinajstić information content (AvgIpc) is 3.40. The Hall–Kier alpha value is -1.96. The van der Waals surface area contributed by atoms with Crippen LogP contribution in [0.1, 0.15) is 42.0 Å². The summed E-state index contributed by atoms with van der Waals surface area (Å²) < 4.78 is 5.84. The van der Waals surface area contributed by atoms with E-state index in [4.69, 9.17) is 9.84 Å². The van der Waals surface area contributed by atoms with Gasteiger partial charge in [0, 0.05) is 12.8 Å². The van der Waals surface area contributed by atoms with E-state index in [2.05, 4.69) is 34.6 Å². The molecule has 2 aliphatic rings. The van der Waals surface area contributed by atoms with Gasteiger partial charge in [0.2, 0.25) is 0 Å². The van der Waals surface area contributed by atoms with Gasteiger partial charge >= 0.3 is 24.8 Å². The van der Waals surface area contributed by atoms with Gasteiger partial charge in [-0.2, -0.15) is 0 Å². The van der Waals surface area contributed by atoms with Crippen LogP contribution < -0.4 is 23.6 Å². The smallest absolute Gasteiger partial charge is 0.493 e. The van der Waals surface area contributed by atoms with Crippen molar-refractivity contribution in [3.63, 3.8) is 0 Å². The summed E-state index contributed by atoms with van der Waals surface area (Å²) in [5.41, 5.74) is 3.47. The van der Waals surface area contributed by atoms with Crippen LogP contribution in [-0.2, 0) is 17.6 Å². The van der Waals surface area contributed by atoms with E-state index < -0.39 is 5.97 Å². The van der Waals surface area contributed by atoms with Crippen LogP contribution >= 0.6 is 0 Å². The zero-order chi connectivity index (χ0) is 17.9. The van der Waals surface area contributed by atoms with Crippen LogP contribution in [-0.4, -0.2) is 29.2 Å². The van der Waals surface area contributed by atoms with Gasteiger partial charge in [-0.05, 0) is 54.4 Å². The monoisotopic (exact) mass is 358 g/mol. The number of benzene rings is 1. The molecule has 4 rings (SSSR count). The van der Waals surface area contributed by atoms with E-state index in [0.29, 0.717) is 18.4 Å². The minimum absolute atomic E-state index is 0. The molecule has 0 radical (unpaired) electrons. The molecule has 5 nitrogen and oxygen atoms in total. The Bertz CT molecular complexity index is 795. The maximum absolute atomic E-state index is 10.8. The first-order chi connectivity index (χ1) is 12.7. The van der Waals surface area contributed by atoms with Gasteiger partial charge in [0.1, 0.15) is 5.75 Å². The summed E-state index contributed by atoms with van der Waals surface area (Å²) in [6, 6.07) is 12.3. The number of carboxylic acids is 1. The third-order valence-electron chi connectivity index (χ3n) is 5.17. The summed E-state index contributed by atoms with van der Waals surface area (Å²) in [5.74, 6) is 1.72. The standard InChI is InChI=1S/C21H24N2O3.Li/c24-20(25)13-16-12-19(16)14-4-7-18(8-5-14)26-11-9-17-6-3-15-2-1-10-22-21(15)23-17;/h3-8,16,19H,1-2,9-13H2,(H2,22,23,24,25);/q;+1/p-1. The molecular formula is C21H23LiN2O3. The van der Waals surface area contributed by atoms with E-state index in [0.717, 1.165) is 49.5 Å². The van der Waals surface area contributed by atoms with Gasteiger partial charge in [0.25, 0.3) is 0 Å². The SMILES string of the molecule is O=C(O)CC1CC1c1ccc(OCCc2ccc3c(n2)[N-]CCC3)cc1.[Li+]. The molecule has 2 unspecified atom stereocenters. The number of nitrogens with zero attached hydrogens (tertiary/aromatic N) is 2. The molecule has 6 heteroatoms. The Morgan fingerprint density at radius 3 is 2.81 bits per heavy atom. The fourth-order valence-electron chi connectivity index (χ4n) is 3.63. The first-order valence-corrected chi connectivity index (χ1v) is 9.30. The van der Waals surface area contributed by atoms with Crippen LogP contribution in [0.3, 0.4) is 0 Å². The Balaban J connectivity index is 0.00000210. The molecule has 2 heterocycles. The van der Waals surface area contributed by atoms with Crippen molar-refractivity contribution in [2.75, 3.05) is 13.2 Å². The maximum Gasteiger partial charge on any atom is 1.00 e. The second-order valence-electron chi connectivity index (χ2n) is 7.14. The van der Waals surface area contributed by atoms with Crippen LogP contribution in [0.5, 0.6) is 5.75 Å². The summed E-state index contributed by atoms with van der Waals surface area (Å²) in [6.07, 6.45) is 4.19. The van der Waals surface area contributed by atoms with Gasteiger partial charge in [-0.15, -0.1) is 0 Å². The Morgan fingerprint density at radius 1 is 1.22 bits per heavy atom. The second-order valence-corrected chi connectivity index (χ2v) is 7.14. The molecule has 0 amide bonds. The van der Waals surface area contributed by atoms with E-state index in [1.54, 1.807) is 0 Å². The van der Waals surface area contributed by atoms with Crippen molar-refractivity contribution < 1.29 is 33.5 Å². The zero-order valence-corrected chi connectivity index (χ0v) is 15.7. The number of fused-ring (bicyclic) bond motifs is 1. The van der Waals surface area contributed by atoms with E-state index in [-0.39, 0.29) is 25.3 Å². The van der Waals surface area contributed by atoms with Gasteiger partial charge in [0.05, 0.1) is 6.61 Å². The first-order valence-electron chi connectivity index (χ1n) is 9.30. The second kappa shape index (κ2) is 8.82. The first kappa shape index (κ1) is 19.8. The fraction of sp³-hybridized carbons (Fsp3) is 0.429. The number of rotatable bonds is 7. The number of aliphatic carboxylic acids is 1. The van der Waals surface area contributed by atoms with Gasteiger partial charge in [-0.1, -0.05) is 42.3 Å². The molecule has 2 atom stereocenters. The molecule has 2 aromatic rings. The van der Waals surface area contributed by atoms with E-state index in [1.807, 2.05) is 12.1 Å². The van der Waals surface area contributed by atoms with Crippen molar-refractivity contribution in [2.24, 2.45) is 5.92 Å². The van der Waals surface area contributed by atoms with E-state index in [9.17, 15) is 4.79 Å². The molecule has 1 aliphatic heterocycles. The minimum atomic E-state index is -0.707. The van der Waals surface area contributed by atoms with Crippen molar-refractivity contribution in [1.82, 2.24) is 4.98 Å². The largest absolute Gasteiger partial charge is 1.00 e. The molecule has 0 bridgehead atoms. The average molecular weight is 358 g/mol. The number of ether oxygens (including phenoxy) is 1. The maximum atomic E-state index is 10.8. The van der Waals surface area contributed by atoms with Gasteiger partial charge in [0.15, 0.2) is 0 Å². The Morgan fingerprint density at radius 2 is 2.04 bits per heavy atom. The van der Waals surface area contributed by atoms with E-state index in [1.165, 1.54) is 11.1 Å². The molecule has 1 N–H and O–H groups in total. The number of aromatic nitrogens is 1. The molecular weight excluding hydrogens is 335 g/mol. The Labute approximate surface area is 171 Å². The fourth-order valence-corrected chi connectivity index (χ4v) is 3.63.